The van der Waals surface area contributed by atoms with Crippen molar-refractivity contribution in [2.24, 2.45) is 0 Å². The number of nitrogens with zero attached hydrogens (tertiary/aromatic N) is 1. The predicted octanol–water partition coefficient (Wildman–Crippen LogP) is 3.70. The summed E-state index contributed by atoms with van der Waals surface area (Å²) in [4.78, 5) is 23.1. The standard InChI is InChI=1S/C20H16N2O3S/c23-18(13-5-2-1-3-6-13)12-22-10-9-15-14(7-4-8-17(15)22)11-16-19(24)26-20(25)21-16/h1-11,18,23H,12H2,(H,21,25). The molecule has 2 heterocycles. The van der Waals surface area contributed by atoms with E-state index in [1.165, 1.54) is 0 Å². The van der Waals surface area contributed by atoms with Crippen LogP contribution in [0, 0.1) is 0 Å². The third kappa shape index (κ3) is 3.16. The molecule has 1 saturated heterocycles. The molecule has 1 unspecified atom stereocenters. The fourth-order valence-electron chi connectivity index (χ4n) is 3.08. The highest BCUT2D eigenvalue weighted by Crippen LogP contribution is 2.27. The number of hydrogen-bond donors (Lipinski definition) is 2. The van der Waals surface area contributed by atoms with Gasteiger partial charge in [0, 0.05) is 28.9 Å². The fourth-order valence-corrected chi connectivity index (χ4v) is 3.62. The predicted molar refractivity (Wildman–Crippen MR) is 102 cm³/mol. The lowest BCUT2D eigenvalue weighted by Crippen LogP contribution is -2.10. The van der Waals surface area contributed by atoms with Crippen LogP contribution in [0.2, 0.25) is 0 Å². The fraction of sp³-hybridized carbons (Fsp3) is 0.100. The van der Waals surface area contributed by atoms with Crippen molar-refractivity contribution >= 4 is 39.1 Å². The van der Waals surface area contributed by atoms with Crippen molar-refractivity contribution in [3.63, 3.8) is 0 Å². The summed E-state index contributed by atoms with van der Waals surface area (Å²) in [5.74, 6) is 0. The van der Waals surface area contributed by atoms with Crippen LogP contribution in [0.1, 0.15) is 17.2 Å². The number of hydrogen-bond acceptors (Lipinski definition) is 4. The summed E-state index contributed by atoms with van der Waals surface area (Å²) < 4.78 is 1.98. The van der Waals surface area contributed by atoms with E-state index in [1.807, 2.05) is 65.4 Å². The van der Waals surface area contributed by atoms with Crippen LogP contribution in [0.5, 0.6) is 0 Å². The van der Waals surface area contributed by atoms with Gasteiger partial charge in [-0.2, -0.15) is 0 Å². The zero-order valence-corrected chi connectivity index (χ0v) is 14.6. The molecule has 3 aromatic rings. The number of aliphatic hydroxyl groups is 1. The summed E-state index contributed by atoms with van der Waals surface area (Å²) in [7, 11) is 0. The molecule has 5 nitrogen and oxygen atoms in total. The highest BCUT2D eigenvalue weighted by Gasteiger charge is 2.25. The minimum atomic E-state index is -0.610. The summed E-state index contributed by atoms with van der Waals surface area (Å²) in [6, 6.07) is 17.2. The van der Waals surface area contributed by atoms with E-state index < -0.39 is 6.10 Å². The van der Waals surface area contributed by atoms with Gasteiger partial charge in [0.05, 0.1) is 18.3 Å². The minimum Gasteiger partial charge on any atom is -0.387 e. The number of benzene rings is 2. The molecule has 130 valence electrons. The Labute approximate surface area is 154 Å². The monoisotopic (exact) mass is 364 g/mol. The van der Waals surface area contributed by atoms with Crippen LogP contribution in [0.15, 0.2) is 66.5 Å². The summed E-state index contributed by atoms with van der Waals surface area (Å²) in [6.07, 6.45) is 3.00. The highest BCUT2D eigenvalue weighted by molar-refractivity contribution is 8.27. The molecule has 1 aliphatic rings. The molecular weight excluding hydrogens is 348 g/mol. The van der Waals surface area contributed by atoms with Gasteiger partial charge in [0.1, 0.15) is 0 Å². The summed E-state index contributed by atoms with van der Waals surface area (Å²) in [5, 5.41) is 13.4. The molecule has 26 heavy (non-hydrogen) atoms. The zero-order chi connectivity index (χ0) is 18.1. The summed E-state index contributed by atoms with van der Waals surface area (Å²) in [5.41, 5.74) is 2.97. The molecule has 0 aliphatic carbocycles. The maximum atomic E-state index is 11.8. The quantitative estimate of drug-likeness (QED) is 0.693. The normalized spacial score (nSPS) is 17.0. The molecule has 6 heteroatoms. The number of aliphatic hydroxyl groups excluding tert-OH is 1. The van der Waals surface area contributed by atoms with Crippen LogP contribution >= 0.6 is 11.8 Å². The lowest BCUT2D eigenvalue weighted by atomic mass is 10.1. The Bertz CT molecular complexity index is 1020. The van der Waals surface area contributed by atoms with Crippen molar-refractivity contribution in [1.82, 2.24) is 9.88 Å². The average molecular weight is 364 g/mol. The molecule has 1 atom stereocenters. The number of carbonyl (C=O) groups is 2. The molecule has 0 radical (unpaired) electrons. The van der Waals surface area contributed by atoms with Gasteiger partial charge in [-0.25, -0.2) is 0 Å². The Morgan fingerprint density at radius 2 is 1.88 bits per heavy atom. The van der Waals surface area contributed by atoms with Crippen LogP contribution in [0.25, 0.3) is 17.0 Å². The van der Waals surface area contributed by atoms with E-state index in [9.17, 15) is 14.7 Å². The topological polar surface area (TPSA) is 71.3 Å². The second-order valence-corrected chi connectivity index (χ2v) is 6.98. The van der Waals surface area contributed by atoms with E-state index in [-0.39, 0.29) is 10.4 Å². The van der Waals surface area contributed by atoms with Crippen molar-refractivity contribution in [1.29, 1.82) is 0 Å². The maximum absolute atomic E-state index is 11.8. The molecule has 1 amide bonds. The van der Waals surface area contributed by atoms with E-state index >= 15 is 0 Å². The SMILES string of the molecule is O=C1NC(=Cc2cccc3c2ccn3CC(O)c2ccccc2)C(=O)S1. The van der Waals surface area contributed by atoms with Crippen LogP contribution in [-0.2, 0) is 11.3 Å². The van der Waals surface area contributed by atoms with Crippen LogP contribution in [-0.4, -0.2) is 20.0 Å². The molecule has 0 spiro atoms. The molecular formula is C20H16N2O3S. The first kappa shape index (κ1) is 16.6. The van der Waals surface area contributed by atoms with Crippen molar-refractivity contribution < 1.29 is 14.7 Å². The minimum absolute atomic E-state index is 0.272. The van der Waals surface area contributed by atoms with Gasteiger partial charge in [-0.05, 0) is 29.3 Å². The van der Waals surface area contributed by atoms with Gasteiger partial charge in [0.15, 0.2) is 0 Å². The van der Waals surface area contributed by atoms with Gasteiger partial charge in [-0.3, -0.25) is 9.59 Å². The number of fused-ring (bicyclic) bond motifs is 1. The molecule has 0 saturated carbocycles. The van der Waals surface area contributed by atoms with Gasteiger partial charge in [-0.15, -0.1) is 0 Å². The number of nitrogens with one attached hydrogen (secondary N) is 1. The second-order valence-electron chi connectivity index (χ2n) is 6.03. The number of carbonyl (C=O) groups excluding carboxylic acids is 2. The maximum Gasteiger partial charge on any atom is 0.291 e. The Morgan fingerprint density at radius 3 is 2.62 bits per heavy atom. The molecule has 1 fully saturated rings. The van der Waals surface area contributed by atoms with E-state index in [0.29, 0.717) is 24.0 Å². The Hall–Kier alpha value is -2.83. The number of rotatable bonds is 4. The van der Waals surface area contributed by atoms with E-state index in [2.05, 4.69) is 5.32 Å². The lowest BCUT2D eigenvalue weighted by Gasteiger charge is -2.13. The highest BCUT2D eigenvalue weighted by atomic mass is 32.2. The summed E-state index contributed by atoms with van der Waals surface area (Å²) in [6.45, 7) is 0.430. The summed E-state index contributed by atoms with van der Waals surface area (Å²) >= 11 is 0.669. The van der Waals surface area contributed by atoms with Crippen LogP contribution in [0.3, 0.4) is 0 Å². The van der Waals surface area contributed by atoms with Gasteiger partial charge in [-0.1, -0.05) is 42.5 Å². The Kier molecular flexibility index (Phi) is 4.36. The first-order valence-corrected chi connectivity index (χ1v) is 8.99. The second kappa shape index (κ2) is 6.82. The molecule has 4 rings (SSSR count). The average Bonchev–Trinajstić information content (AvgIpc) is 3.19. The molecule has 1 aromatic heterocycles. The van der Waals surface area contributed by atoms with Crippen molar-refractivity contribution in [3.05, 3.63) is 77.6 Å². The van der Waals surface area contributed by atoms with Gasteiger partial charge >= 0.3 is 0 Å². The first-order valence-electron chi connectivity index (χ1n) is 8.17. The molecule has 2 aromatic carbocycles. The van der Waals surface area contributed by atoms with Crippen molar-refractivity contribution in [3.8, 4) is 0 Å². The number of amides is 1. The van der Waals surface area contributed by atoms with Gasteiger partial charge in [0.2, 0.25) is 5.12 Å². The largest absolute Gasteiger partial charge is 0.387 e. The third-order valence-corrected chi connectivity index (χ3v) is 5.04. The Balaban J connectivity index is 1.66. The van der Waals surface area contributed by atoms with Gasteiger partial charge in [0.25, 0.3) is 5.24 Å². The molecule has 0 bridgehead atoms. The van der Waals surface area contributed by atoms with Crippen LogP contribution < -0.4 is 5.32 Å². The molecule has 2 N–H and O–H groups in total. The lowest BCUT2D eigenvalue weighted by molar-refractivity contribution is -0.107. The van der Waals surface area contributed by atoms with E-state index in [4.69, 9.17) is 0 Å². The van der Waals surface area contributed by atoms with Crippen molar-refractivity contribution in [2.75, 3.05) is 0 Å². The van der Waals surface area contributed by atoms with Crippen LogP contribution in [0.4, 0.5) is 4.79 Å². The third-order valence-electron chi connectivity index (χ3n) is 4.34. The Morgan fingerprint density at radius 1 is 1.08 bits per heavy atom. The van der Waals surface area contributed by atoms with E-state index in [0.717, 1.165) is 22.0 Å². The number of thioether (sulfide) groups is 1. The van der Waals surface area contributed by atoms with Crippen molar-refractivity contribution in [2.45, 2.75) is 12.6 Å². The van der Waals surface area contributed by atoms with Gasteiger partial charge < -0.3 is 15.0 Å². The first-order chi connectivity index (χ1) is 12.6. The number of aromatic nitrogens is 1. The zero-order valence-electron chi connectivity index (χ0n) is 13.8. The van der Waals surface area contributed by atoms with E-state index in [1.54, 1.807) is 6.08 Å². The smallest absolute Gasteiger partial charge is 0.291 e. The molecule has 1 aliphatic heterocycles.